The largest absolute Gasteiger partial charge is 0.394 e. The highest BCUT2D eigenvalue weighted by molar-refractivity contribution is 5.73. The number of nitrogens with one attached hydrogen (secondary N) is 1. The monoisotopic (exact) mass is 547 g/mol. The lowest BCUT2D eigenvalue weighted by molar-refractivity contribution is -0.368. The maximum absolute atomic E-state index is 11.4. The minimum Gasteiger partial charge on any atom is -0.394 e. The van der Waals surface area contributed by atoms with Gasteiger partial charge in [0.15, 0.2) is 12.6 Å². The molecule has 12 N–H and O–H groups in total. The first-order chi connectivity index (χ1) is 17.4. The summed E-state index contributed by atoms with van der Waals surface area (Å²) < 4.78 is 21.4. The molecule has 0 aromatic rings. The van der Waals surface area contributed by atoms with E-state index >= 15 is 0 Å². The minimum atomic E-state index is -1.99. The summed E-state index contributed by atoms with van der Waals surface area (Å²) in [5.74, 6) is -0.652. The number of aliphatic hydroxyl groups is 11. The van der Waals surface area contributed by atoms with Crippen LogP contribution in [0.2, 0.25) is 0 Å². The van der Waals surface area contributed by atoms with Crippen LogP contribution >= 0.6 is 0 Å². The van der Waals surface area contributed by atoms with Gasteiger partial charge in [0.2, 0.25) is 5.91 Å². The van der Waals surface area contributed by atoms with Crippen LogP contribution in [0.25, 0.3) is 0 Å². The molecule has 0 spiro atoms. The molecule has 2 aliphatic heterocycles. The Morgan fingerprint density at radius 1 is 0.811 bits per heavy atom. The van der Waals surface area contributed by atoms with Gasteiger partial charge in [0.05, 0.1) is 32.5 Å². The quantitative estimate of drug-likeness (QED) is 0.108. The van der Waals surface area contributed by atoms with Crippen LogP contribution in [0.15, 0.2) is 0 Å². The van der Waals surface area contributed by atoms with Gasteiger partial charge >= 0.3 is 0 Å². The molecule has 37 heavy (non-hydrogen) atoms. The standard InChI is InChI=1S/C20H37NO16/c1-6(26)21-7(2-22)11(28)17(8(27)3-23)36-20-16(33)18(13(30)10(5-25)35-20)37-19-15(32)14(31)12(29)9(4-24)34-19/h7-20,22-25,27-33H,2-5H2,1H3,(H,21,26)/t7-,8+,9+,10+,11+,12-,13-,14-,15+,16+,17+,18-,19+,20-/m0/s1. The molecule has 14 atom stereocenters. The van der Waals surface area contributed by atoms with Gasteiger partial charge in [0.25, 0.3) is 0 Å². The molecule has 0 unspecified atom stereocenters. The molecule has 0 radical (unpaired) electrons. The van der Waals surface area contributed by atoms with Crippen LogP contribution < -0.4 is 5.32 Å². The predicted octanol–water partition coefficient (Wildman–Crippen LogP) is -7.79. The number of aliphatic hydroxyl groups excluding tert-OH is 11. The van der Waals surface area contributed by atoms with Crippen LogP contribution in [0, 0.1) is 0 Å². The Balaban J connectivity index is 2.27. The first kappa shape index (κ1) is 32.1. The predicted molar refractivity (Wildman–Crippen MR) is 115 cm³/mol. The van der Waals surface area contributed by atoms with Crippen LogP contribution in [0.3, 0.4) is 0 Å². The van der Waals surface area contributed by atoms with E-state index in [1.807, 2.05) is 0 Å². The SMILES string of the molecule is CC(=O)N[C@@H](CO)[C@@H](O)[C@H](O[C@@H]1O[C@H](CO)[C@H](O)[C@H](O[C@H]2O[C@H](CO)[C@H](O)[C@H](O)[C@H]2O)[C@H]1O)[C@H](O)CO. The van der Waals surface area contributed by atoms with Crippen molar-refractivity contribution >= 4 is 5.91 Å². The Morgan fingerprint density at radius 3 is 1.89 bits per heavy atom. The molecule has 1 amide bonds. The molecule has 17 nitrogen and oxygen atoms in total. The molecular weight excluding hydrogens is 510 g/mol. The van der Waals surface area contributed by atoms with Crippen LogP contribution in [0.5, 0.6) is 0 Å². The van der Waals surface area contributed by atoms with Crippen molar-refractivity contribution < 1.29 is 79.9 Å². The van der Waals surface area contributed by atoms with Crippen molar-refractivity contribution in [2.45, 2.75) is 92.7 Å². The molecule has 2 aliphatic rings. The van der Waals surface area contributed by atoms with Crippen molar-refractivity contribution in [2.24, 2.45) is 0 Å². The van der Waals surface area contributed by atoms with Crippen molar-refractivity contribution in [3.05, 3.63) is 0 Å². The second kappa shape index (κ2) is 14.3. The summed E-state index contributed by atoms with van der Waals surface area (Å²) in [6, 6.07) is -1.38. The van der Waals surface area contributed by atoms with Gasteiger partial charge in [-0.3, -0.25) is 4.79 Å². The van der Waals surface area contributed by atoms with Crippen LogP contribution in [-0.2, 0) is 23.7 Å². The average Bonchev–Trinajstić information content (AvgIpc) is 2.88. The molecule has 218 valence electrons. The fourth-order valence-electron chi connectivity index (χ4n) is 4.05. The average molecular weight is 548 g/mol. The zero-order valence-electron chi connectivity index (χ0n) is 19.9. The van der Waals surface area contributed by atoms with E-state index in [0.717, 1.165) is 6.92 Å². The summed E-state index contributed by atoms with van der Waals surface area (Å²) >= 11 is 0. The maximum atomic E-state index is 11.4. The molecule has 17 heteroatoms. The number of ether oxygens (including phenoxy) is 4. The molecule has 0 aliphatic carbocycles. The first-order valence-corrected chi connectivity index (χ1v) is 11.5. The molecule has 2 fully saturated rings. The van der Waals surface area contributed by atoms with Crippen molar-refractivity contribution in [2.75, 3.05) is 26.4 Å². The zero-order chi connectivity index (χ0) is 28.0. The number of amides is 1. The topological polar surface area (TPSA) is 289 Å². The summed E-state index contributed by atoms with van der Waals surface area (Å²) in [7, 11) is 0. The van der Waals surface area contributed by atoms with Gasteiger partial charge in [0, 0.05) is 6.92 Å². The number of carbonyl (C=O) groups is 1. The fourth-order valence-corrected chi connectivity index (χ4v) is 4.05. The van der Waals surface area contributed by atoms with E-state index in [1.54, 1.807) is 0 Å². The number of carbonyl (C=O) groups excluding carboxylic acids is 1. The lowest BCUT2D eigenvalue weighted by Gasteiger charge is -2.46. The Labute approximate surface area is 211 Å². The van der Waals surface area contributed by atoms with Crippen molar-refractivity contribution in [3.63, 3.8) is 0 Å². The summed E-state index contributed by atoms with van der Waals surface area (Å²) in [4.78, 5) is 11.4. The van der Waals surface area contributed by atoms with Gasteiger partial charge < -0.3 is 80.4 Å². The van der Waals surface area contributed by atoms with Gasteiger partial charge in [-0.05, 0) is 0 Å². The maximum Gasteiger partial charge on any atom is 0.217 e. The highest BCUT2D eigenvalue weighted by atomic mass is 16.7. The Morgan fingerprint density at radius 2 is 1.38 bits per heavy atom. The van der Waals surface area contributed by atoms with E-state index in [2.05, 4.69) is 5.32 Å². The molecule has 0 aromatic carbocycles. The van der Waals surface area contributed by atoms with Crippen LogP contribution in [0.4, 0.5) is 0 Å². The van der Waals surface area contributed by atoms with Crippen molar-refractivity contribution in [1.82, 2.24) is 5.32 Å². The van der Waals surface area contributed by atoms with Gasteiger partial charge in [-0.1, -0.05) is 0 Å². The van der Waals surface area contributed by atoms with Gasteiger partial charge in [-0.25, -0.2) is 0 Å². The lowest BCUT2D eigenvalue weighted by Crippen LogP contribution is -2.66. The molecule has 2 saturated heterocycles. The van der Waals surface area contributed by atoms with Gasteiger partial charge in [-0.2, -0.15) is 0 Å². The fraction of sp³-hybridized carbons (Fsp3) is 0.950. The smallest absolute Gasteiger partial charge is 0.217 e. The normalized spacial score (nSPS) is 40.0. The van der Waals surface area contributed by atoms with Gasteiger partial charge in [0.1, 0.15) is 67.1 Å². The molecule has 0 aromatic heterocycles. The van der Waals surface area contributed by atoms with E-state index in [9.17, 15) is 61.0 Å². The molecule has 0 saturated carbocycles. The van der Waals surface area contributed by atoms with Crippen molar-refractivity contribution in [3.8, 4) is 0 Å². The Hall–Kier alpha value is -1.13. The summed E-state index contributed by atoms with van der Waals surface area (Å²) in [5, 5.41) is 112. The highest BCUT2D eigenvalue weighted by Gasteiger charge is 2.52. The molecule has 0 bridgehead atoms. The van der Waals surface area contributed by atoms with Crippen LogP contribution in [0.1, 0.15) is 6.92 Å². The lowest BCUT2D eigenvalue weighted by atomic mass is 9.96. The highest BCUT2D eigenvalue weighted by Crippen LogP contribution is 2.30. The Kier molecular flexibility index (Phi) is 12.4. The summed E-state index contributed by atoms with van der Waals surface area (Å²) in [5.41, 5.74) is 0. The number of rotatable bonds is 12. The summed E-state index contributed by atoms with van der Waals surface area (Å²) in [6.07, 6.45) is -23.1. The number of hydrogen-bond donors (Lipinski definition) is 12. The summed E-state index contributed by atoms with van der Waals surface area (Å²) in [6.45, 7) is -2.33. The molecule has 2 rings (SSSR count). The minimum absolute atomic E-state index is 0.652. The molecular formula is C20H37NO16. The van der Waals surface area contributed by atoms with E-state index in [0.29, 0.717) is 0 Å². The number of hydrogen-bond acceptors (Lipinski definition) is 16. The molecule has 2 heterocycles. The third-order valence-corrected chi connectivity index (χ3v) is 6.15. The van der Waals surface area contributed by atoms with E-state index in [-0.39, 0.29) is 0 Å². The van der Waals surface area contributed by atoms with E-state index in [4.69, 9.17) is 18.9 Å². The zero-order valence-corrected chi connectivity index (χ0v) is 19.9. The first-order valence-electron chi connectivity index (χ1n) is 11.5. The second-order valence-electron chi connectivity index (χ2n) is 8.84. The van der Waals surface area contributed by atoms with Gasteiger partial charge in [-0.15, -0.1) is 0 Å². The Bertz CT molecular complexity index is 701. The van der Waals surface area contributed by atoms with Crippen molar-refractivity contribution in [1.29, 1.82) is 0 Å². The van der Waals surface area contributed by atoms with Crippen LogP contribution in [-0.4, -0.2) is 174 Å². The second-order valence-corrected chi connectivity index (χ2v) is 8.84. The van der Waals surface area contributed by atoms with E-state index in [1.165, 1.54) is 0 Å². The third kappa shape index (κ3) is 7.50. The van der Waals surface area contributed by atoms with E-state index < -0.39 is 118 Å². The third-order valence-electron chi connectivity index (χ3n) is 6.15.